The molecule has 1 aliphatic carbocycles. The van der Waals surface area contributed by atoms with Crippen molar-refractivity contribution < 1.29 is 9.47 Å². The number of ether oxygens (including phenoxy) is 2. The van der Waals surface area contributed by atoms with Crippen LogP contribution in [0.4, 0.5) is 0 Å². The van der Waals surface area contributed by atoms with Crippen molar-refractivity contribution in [2.75, 3.05) is 13.2 Å². The zero-order valence-electron chi connectivity index (χ0n) is 11.0. The molecule has 0 aliphatic heterocycles. The Bertz CT molecular complexity index is 342. The number of hydrogen-bond donors (Lipinski definition) is 1. The summed E-state index contributed by atoms with van der Waals surface area (Å²) in [5, 5.41) is 0. The lowest BCUT2D eigenvalue weighted by atomic mass is 9.86. The van der Waals surface area contributed by atoms with Crippen LogP contribution >= 0.6 is 0 Å². The summed E-state index contributed by atoms with van der Waals surface area (Å²) in [5.74, 6) is 0. The highest BCUT2D eigenvalue weighted by Crippen LogP contribution is 2.25. The van der Waals surface area contributed by atoms with E-state index < -0.39 is 0 Å². The third-order valence-corrected chi connectivity index (χ3v) is 3.44. The minimum atomic E-state index is 0.103. The van der Waals surface area contributed by atoms with E-state index in [1.807, 2.05) is 13.0 Å². The molecule has 3 nitrogen and oxygen atoms in total. The van der Waals surface area contributed by atoms with E-state index in [1.165, 1.54) is 5.56 Å². The van der Waals surface area contributed by atoms with Gasteiger partial charge in [0.2, 0.25) is 0 Å². The quantitative estimate of drug-likeness (QED) is 0.753. The molecule has 0 amide bonds. The van der Waals surface area contributed by atoms with Crippen molar-refractivity contribution in [1.29, 1.82) is 0 Å². The van der Waals surface area contributed by atoms with Crippen LogP contribution in [0.2, 0.25) is 0 Å². The van der Waals surface area contributed by atoms with Gasteiger partial charge in [0.05, 0.1) is 12.2 Å². The van der Waals surface area contributed by atoms with Gasteiger partial charge in [-0.05, 0) is 31.7 Å². The first kappa shape index (κ1) is 13.5. The van der Waals surface area contributed by atoms with Crippen molar-refractivity contribution in [2.24, 2.45) is 5.73 Å². The maximum atomic E-state index is 5.89. The Labute approximate surface area is 109 Å². The molecule has 0 saturated heterocycles. The van der Waals surface area contributed by atoms with Gasteiger partial charge in [0, 0.05) is 19.3 Å². The van der Waals surface area contributed by atoms with E-state index in [4.69, 9.17) is 15.2 Å². The van der Waals surface area contributed by atoms with Crippen LogP contribution in [0.15, 0.2) is 30.3 Å². The Balaban J connectivity index is 1.61. The molecule has 2 N–H and O–H groups in total. The lowest BCUT2D eigenvalue weighted by Gasteiger charge is -2.41. The van der Waals surface area contributed by atoms with Crippen LogP contribution in [-0.2, 0) is 15.9 Å². The number of rotatable bonds is 7. The van der Waals surface area contributed by atoms with E-state index in [1.54, 1.807) is 0 Å². The van der Waals surface area contributed by atoms with Crippen LogP contribution in [0, 0.1) is 0 Å². The van der Waals surface area contributed by atoms with E-state index in [-0.39, 0.29) is 18.2 Å². The Morgan fingerprint density at radius 1 is 1.22 bits per heavy atom. The third kappa shape index (κ3) is 3.55. The Kier molecular flexibility index (Phi) is 5.17. The number of benzene rings is 1. The second-order valence-electron chi connectivity index (χ2n) is 4.82. The predicted octanol–water partition coefficient (Wildman–Crippen LogP) is 2.14. The molecule has 1 aromatic carbocycles. The highest BCUT2D eigenvalue weighted by atomic mass is 16.5. The summed E-state index contributed by atoms with van der Waals surface area (Å²) in [6.07, 6.45) is 3.35. The van der Waals surface area contributed by atoms with Gasteiger partial charge in [-0.3, -0.25) is 0 Å². The lowest BCUT2D eigenvalue weighted by Crippen LogP contribution is -2.58. The number of aryl methyl sites for hydroxylation is 1. The Morgan fingerprint density at radius 2 is 2.00 bits per heavy atom. The average Bonchev–Trinajstić information content (AvgIpc) is 2.41. The predicted molar refractivity (Wildman–Crippen MR) is 72.5 cm³/mol. The molecular weight excluding hydrogens is 226 g/mol. The van der Waals surface area contributed by atoms with Gasteiger partial charge in [-0.1, -0.05) is 30.3 Å². The molecule has 0 bridgehead atoms. The van der Waals surface area contributed by atoms with Crippen LogP contribution in [-0.4, -0.2) is 31.5 Å². The first-order chi connectivity index (χ1) is 8.81. The van der Waals surface area contributed by atoms with Crippen molar-refractivity contribution in [1.82, 2.24) is 0 Å². The normalized spacial score (nSPS) is 26.9. The second-order valence-corrected chi connectivity index (χ2v) is 4.82. The highest BCUT2D eigenvalue weighted by Gasteiger charge is 2.40. The van der Waals surface area contributed by atoms with Crippen LogP contribution in [0.3, 0.4) is 0 Å². The highest BCUT2D eigenvalue weighted by molar-refractivity contribution is 5.14. The maximum Gasteiger partial charge on any atom is 0.0988 e. The van der Waals surface area contributed by atoms with Crippen molar-refractivity contribution in [3.8, 4) is 0 Å². The fraction of sp³-hybridized carbons (Fsp3) is 0.600. The minimum absolute atomic E-state index is 0.103. The first-order valence-electron chi connectivity index (χ1n) is 6.84. The lowest BCUT2D eigenvalue weighted by molar-refractivity contribution is -0.137. The van der Waals surface area contributed by atoms with Gasteiger partial charge in [0.25, 0.3) is 0 Å². The first-order valence-corrected chi connectivity index (χ1v) is 6.84. The smallest absolute Gasteiger partial charge is 0.0988 e. The SMILES string of the molecule is CCOC1C(N)CC1OCCCc1ccccc1. The molecule has 3 unspecified atom stereocenters. The summed E-state index contributed by atoms with van der Waals surface area (Å²) in [5.41, 5.74) is 7.26. The van der Waals surface area contributed by atoms with Crippen molar-refractivity contribution in [3.05, 3.63) is 35.9 Å². The Morgan fingerprint density at radius 3 is 2.67 bits per heavy atom. The summed E-state index contributed by atoms with van der Waals surface area (Å²) < 4.78 is 11.4. The minimum Gasteiger partial charge on any atom is -0.375 e. The van der Waals surface area contributed by atoms with Crippen LogP contribution < -0.4 is 5.73 Å². The van der Waals surface area contributed by atoms with Crippen LogP contribution in [0.25, 0.3) is 0 Å². The van der Waals surface area contributed by atoms with E-state index >= 15 is 0 Å². The number of nitrogens with two attached hydrogens (primary N) is 1. The molecule has 0 aromatic heterocycles. The summed E-state index contributed by atoms with van der Waals surface area (Å²) >= 11 is 0. The molecule has 3 atom stereocenters. The summed E-state index contributed by atoms with van der Waals surface area (Å²) in [7, 11) is 0. The van der Waals surface area contributed by atoms with Crippen LogP contribution in [0.1, 0.15) is 25.3 Å². The van der Waals surface area contributed by atoms with Crippen molar-refractivity contribution in [3.63, 3.8) is 0 Å². The second kappa shape index (κ2) is 6.88. The molecule has 2 rings (SSSR count). The van der Waals surface area contributed by atoms with Crippen LogP contribution in [0.5, 0.6) is 0 Å². The molecule has 0 radical (unpaired) electrons. The maximum absolute atomic E-state index is 5.89. The molecule has 100 valence electrons. The third-order valence-electron chi connectivity index (χ3n) is 3.44. The molecule has 0 spiro atoms. The van der Waals surface area contributed by atoms with Gasteiger partial charge >= 0.3 is 0 Å². The topological polar surface area (TPSA) is 44.5 Å². The largest absolute Gasteiger partial charge is 0.375 e. The Hall–Kier alpha value is -0.900. The van der Waals surface area contributed by atoms with E-state index in [2.05, 4.69) is 24.3 Å². The molecule has 1 aliphatic rings. The van der Waals surface area contributed by atoms with Gasteiger partial charge in [0.15, 0.2) is 0 Å². The zero-order valence-corrected chi connectivity index (χ0v) is 11.0. The van der Waals surface area contributed by atoms with Gasteiger partial charge in [0.1, 0.15) is 0 Å². The van der Waals surface area contributed by atoms with E-state index in [0.717, 1.165) is 25.9 Å². The van der Waals surface area contributed by atoms with Crippen molar-refractivity contribution in [2.45, 2.75) is 44.4 Å². The summed E-state index contributed by atoms with van der Waals surface area (Å²) in [6.45, 7) is 3.50. The van der Waals surface area contributed by atoms with Crippen molar-refractivity contribution >= 4 is 0 Å². The fourth-order valence-electron chi connectivity index (χ4n) is 2.36. The molecule has 0 heterocycles. The van der Waals surface area contributed by atoms with E-state index in [9.17, 15) is 0 Å². The molecule has 1 saturated carbocycles. The molecule has 3 heteroatoms. The van der Waals surface area contributed by atoms with Gasteiger partial charge < -0.3 is 15.2 Å². The standard InChI is InChI=1S/C15H23NO2/c1-2-17-15-13(16)11-14(15)18-10-6-9-12-7-4-3-5-8-12/h3-5,7-8,13-15H,2,6,9-11,16H2,1H3. The zero-order chi connectivity index (χ0) is 12.8. The summed E-state index contributed by atoms with van der Waals surface area (Å²) in [6, 6.07) is 10.7. The molecule has 18 heavy (non-hydrogen) atoms. The molecule has 1 aromatic rings. The van der Waals surface area contributed by atoms with Gasteiger partial charge in [-0.2, -0.15) is 0 Å². The number of hydrogen-bond acceptors (Lipinski definition) is 3. The molecule has 1 fully saturated rings. The van der Waals surface area contributed by atoms with E-state index in [0.29, 0.717) is 6.61 Å². The average molecular weight is 249 g/mol. The van der Waals surface area contributed by atoms with Gasteiger partial charge in [-0.25, -0.2) is 0 Å². The summed E-state index contributed by atoms with van der Waals surface area (Å²) in [4.78, 5) is 0. The fourth-order valence-corrected chi connectivity index (χ4v) is 2.36. The monoisotopic (exact) mass is 249 g/mol. The van der Waals surface area contributed by atoms with Gasteiger partial charge in [-0.15, -0.1) is 0 Å². The molecular formula is C15H23NO2.